The van der Waals surface area contributed by atoms with Gasteiger partial charge in [-0.15, -0.1) is 11.3 Å². The Morgan fingerprint density at radius 3 is 2.62 bits per heavy atom. The predicted molar refractivity (Wildman–Crippen MR) is 95.5 cm³/mol. The van der Waals surface area contributed by atoms with Crippen LogP contribution >= 0.6 is 22.9 Å². The Morgan fingerprint density at radius 1 is 1.29 bits per heavy atom. The average molecular weight is 367 g/mol. The van der Waals surface area contributed by atoms with Gasteiger partial charge in [-0.2, -0.15) is 0 Å². The van der Waals surface area contributed by atoms with Crippen molar-refractivity contribution in [1.82, 2.24) is 10.3 Å². The maximum atomic E-state index is 12.3. The van der Waals surface area contributed by atoms with Gasteiger partial charge in [0.15, 0.2) is 6.10 Å². The van der Waals surface area contributed by atoms with Gasteiger partial charge in [0.1, 0.15) is 9.88 Å². The summed E-state index contributed by atoms with van der Waals surface area (Å²) in [5, 5.41) is 3.99. The third kappa shape index (κ3) is 4.55. The number of nitrogens with one attached hydrogen (secondary N) is 1. The maximum Gasteiger partial charge on any atom is 0.351 e. The van der Waals surface area contributed by atoms with Crippen molar-refractivity contribution in [3.05, 3.63) is 39.9 Å². The number of halogens is 1. The smallest absolute Gasteiger partial charge is 0.351 e. The van der Waals surface area contributed by atoms with Crippen molar-refractivity contribution < 1.29 is 14.3 Å². The summed E-state index contributed by atoms with van der Waals surface area (Å²) in [6.07, 6.45) is -0.865. The number of benzene rings is 1. The highest BCUT2D eigenvalue weighted by atomic mass is 35.5. The van der Waals surface area contributed by atoms with E-state index in [0.717, 1.165) is 5.56 Å². The van der Waals surface area contributed by atoms with Crippen LogP contribution in [0.15, 0.2) is 24.3 Å². The van der Waals surface area contributed by atoms with Gasteiger partial charge in [-0.25, -0.2) is 9.78 Å². The molecule has 0 aliphatic rings. The summed E-state index contributed by atoms with van der Waals surface area (Å²) in [4.78, 5) is 29.0. The maximum absolute atomic E-state index is 12.3. The summed E-state index contributed by atoms with van der Waals surface area (Å²) in [6, 6.07) is 7.24. The fourth-order valence-electron chi connectivity index (χ4n) is 2.00. The van der Waals surface area contributed by atoms with Crippen molar-refractivity contribution in [1.29, 1.82) is 0 Å². The highest BCUT2D eigenvalue weighted by molar-refractivity contribution is 7.17. The van der Waals surface area contributed by atoms with Crippen LogP contribution in [0.1, 0.15) is 36.1 Å². The van der Waals surface area contributed by atoms with Gasteiger partial charge in [0.25, 0.3) is 5.91 Å². The molecule has 0 aliphatic heterocycles. The molecule has 1 unspecified atom stereocenters. The first-order valence-corrected chi connectivity index (χ1v) is 8.72. The molecule has 0 spiro atoms. The normalized spacial score (nSPS) is 12.1. The fraction of sp³-hybridized carbons (Fsp3) is 0.353. The van der Waals surface area contributed by atoms with Crippen molar-refractivity contribution in [3.8, 4) is 10.6 Å². The first-order valence-electron chi connectivity index (χ1n) is 7.52. The topological polar surface area (TPSA) is 68.3 Å². The van der Waals surface area contributed by atoms with Gasteiger partial charge in [-0.1, -0.05) is 23.7 Å². The number of nitrogens with zero attached hydrogens (tertiary/aromatic N) is 1. The number of amides is 1. The van der Waals surface area contributed by atoms with E-state index in [0.29, 0.717) is 20.6 Å². The molecule has 0 saturated heterocycles. The lowest BCUT2D eigenvalue weighted by atomic mass is 10.2. The van der Waals surface area contributed by atoms with Crippen molar-refractivity contribution in [2.24, 2.45) is 0 Å². The number of aromatic nitrogens is 1. The minimum absolute atomic E-state index is 0.0155. The van der Waals surface area contributed by atoms with Crippen LogP contribution in [0.25, 0.3) is 10.6 Å². The standard InChI is InChI=1S/C17H19ClN2O3S/c1-9(2)19-15(21)11(4)23-17(22)14-10(3)20-16(24-14)12-6-5-7-13(18)8-12/h5-9,11H,1-4H3,(H,19,21). The quantitative estimate of drug-likeness (QED) is 0.816. The average Bonchev–Trinajstić information content (AvgIpc) is 2.88. The van der Waals surface area contributed by atoms with Crippen LogP contribution in [-0.2, 0) is 9.53 Å². The van der Waals surface area contributed by atoms with Crippen molar-refractivity contribution in [2.45, 2.75) is 39.8 Å². The molecule has 2 aromatic rings. The van der Waals surface area contributed by atoms with E-state index in [2.05, 4.69) is 10.3 Å². The van der Waals surface area contributed by atoms with Crippen molar-refractivity contribution in [2.75, 3.05) is 0 Å². The van der Waals surface area contributed by atoms with E-state index in [1.165, 1.54) is 11.3 Å². The Balaban J connectivity index is 2.15. The van der Waals surface area contributed by atoms with E-state index >= 15 is 0 Å². The van der Waals surface area contributed by atoms with Crippen LogP contribution in [0.2, 0.25) is 5.02 Å². The summed E-state index contributed by atoms with van der Waals surface area (Å²) in [7, 11) is 0. The molecule has 1 N–H and O–H groups in total. The van der Waals surface area contributed by atoms with Crippen LogP contribution in [0.4, 0.5) is 0 Å². The first-order chi connectivity index (χ1) is 11.3. The Bertz CT molecular complexity index is 758. The molecule has 0 bridgehead atoms. The number of hydrogen-bond acceptors (Lipinski definition) is 5. The number of esters is 1. The third-order valence-corrected chi connectivity index (χ3v) is 4.56. The van der Waals surface area contributed by atoms with E-state index in [4.69, 9.17) is 16.3 Å². The molecular formula is C17H19ClN2O3S. The van der Waals surface area contributed by atoms with Gasteiger partial charge < -0.3 is 10.1 Å². The molecule has 1 amide bonds. The Morgan fingerprint density at radius 2 is 2.00 bits per heavy atom. The summed E-state index contributed by atoms with van der Waals surface area (Å²) in [5.41, 5.74) is 1.40. The summed E-state index contributed by atoms with van der Waals surface area (Å²) < 4.78 is 5.25. The minimum atomic E-state index is -0.865. The van der Waals surface area contributed by atoms with Crippen molar-refractivity contribution in [3.63, 3.8) is 0 Å². The van der Waals surface area contributed by atoms with Crippen LogP contribution in [0.5, 0.6) is 0 Å². The molecule has 0 aliphatic carbocycles. The molecular weight excluding hydrogens is 348 g/mol. The third-order valence-electron chi connectivity index (χ3n) is 3.14. The monoisotopic (exact) mass is 366 g/mol. The van der Waals surface area contributed by atoms with Gasteiger partial charge in [-0.05, 0) is 39.8 Å². The Hall–Kier alpha value is -1.92. The fourth-order valence-corrected chi connectivity index (χ4v) is 3.14. The molecule has 24 heavy (non-hydrogen) atoms. The Kier molecular flexibility index (Phi) is 5.96. The SMILES string of the molecule is Cc1nc(-c2cccc(Cl)c2)sc1C(=O)OC(C)C(=O)NC(C)C. The molecule has 1 atom stereocenters. The number of carbonyl (C=O) groups is 2. The largest absolute Gasteiger partial charge is 0.448 e. The second kappa shape index (κ2) is 7.77. The number of thiazole rings is 1. The van der Waals surface area contributed by atoms with Gasteiger partial charge in [0.05, 0.1) is 5.69 Å². The van der Waals surface area contributed by atoms with Crippen LogP contribution in [0.3, 0.4) is 0 Å². The molecule has 1 aromatic carbocycles. The van der Waals surface area contributed by atoms with E-state index in [-0.39, 0.29) is 11.9 Å². The molecule has 5 nitrogen and oxygen atoms in total. The zero-order chi connectivity index (χ0) is 17.9. The van der Waals surface area contributed by atoms with E-state index < -0.39 is 12.1 Å². The molecule has 2 rings (SSSR count). The molecule has 7 heteroatoms. The summed E-state index contributed by atoms with van der Waals surface area (Å²) in [6.45, 7) is 6.97. The van der Waals surface area contributed by atoms with Crippen LogP contribution in [0, 0.1) is 6.92 Å². The molecule has 0 radical (unpaired) electrons. The lowest BCUT2D eigenvalue weighted by molar-refractivity contribution is -0.129. The zero-order valence-corrected chi connectivity index (χ0v) is 15.5. The first kappa shape index (κ1) is 18.4. The van der Waals surface area contributed by atoms with E-state index in [9.17, 15) is 9.59 Å². The molecule has 0 fully saturated rings. The predicted octanol–water partition coefficient (Wildman–Crippen LogP) is 3.84. The van der Waals surface area contributed by atoms with Crippen LogP contribution < -0.4 is 5.32 Å². The molecule has 128 valence electrons. The lowest BCUT2D eigenvalue weighted by Gasteiger charge is -2.14. The number of hydrogen-bond donors (Lipinski definition) is 1. The number of carbonyl (C=O) groups excluding carboxylic acids is 2. The molecule has 1 aromatic heterocycles. The van der Waals surface area contributed by atoms with Gasteiger partial charge in [0, 0.05) is 16.6 Å². The Labute approximate surface area is 150 Å². The van der Waals surface area contributed by atoms with Gasteiger partial charge >= 0.3 is 5.97 Å². The van der Waals surface area contributed by atoms with E-state index in [1.54, 1.807) is 26.0 Å². The highest BCUT2D eigenvalue weighted by Gasteiger charge is 2.23. The second-order valence-electron chi connectivity index (χ2n) is 5.65. The highest BCUT2D eigenvalue weighted by Crippen LogP contribution is 2.30. The minimum Gasteiger partial charge on any atom is -0.448 e. The summed E-state index contributed by atoms with van der Waals surface area (Å²) >= 11 is 7.21. The van der Waals surface area contributed by atoms with Crippen LogP contribution in [-0.4, -0.2) is 29.0 Å². The number of ether oxygens (including phenoxy) is 1. The van der Waals surface area contributed by atoms with Gasteiger partial charge in [-0.3, -0.25) is 4.79 Å². The molecule has 1 heterocycles. The summed E-state index contributed by atoms with van der Waals surface area (Å²) in [5.74, 6) is -0.875. The zero-order valence-electron chi connectivity index (χ0n) is 13.9. The van der Waals surface area contributed by atoms with Crippen molar-refractivity contribution >= 4 is 34.8 Å². The van der Waals surface area contributed by atoms with E-state index in [1.807, 2.05) is 26.0 Å². The molecule has 0 saturated carbocycles. The van der Waals surface area contributed by atoms with Gasteiger partial charge in [0.2, 0.25) is 0 Å². The lowest BCUT2D eigenvalue weighted by Crippen LogP contribution is -2.39. The second-order valence-corrected chi connectivity index (χ2v) is 7.09. The number of rotatable bonds is 5. The number of aryl methyl sites for hydroxylation is 1.